The number of urea groups is 1. The molecular formula is C18H12ClF6N3O2. The van der Waals surface area contributed by atoms with E-state index in [1.54, 1.807) is 0 Å². The zero-order chi connectivity index (χ0) is 22.3. The average molecular weight is 452 g/mol. The number of benzene rings is 2. The van der Waals surface area contributed by atoms with E-state index in [-0.39, 0.29) is 16.3 Å². The fourth-order valence-electron chi connectivity index (χ4n) is 2.48. The van der Waals surface area contributed by atoms with Gasteiger partial charge < -0.3 is 10.1 Å². The number of ether oxygens (including phenoxy) is 1. The second-order valence-electron chi connectivity index (χ2n) is 6.31. The van der Waals surface area contributed by atoms with Gasteiger partial charge in [-0.1, -0.05) is 11.6 Å². The molecule has 1 aliphatic rings. The van der Waals surface area contributed by atoms with Crippen LogP contribution in [-0.2, 0) is 10.9 Å². The van der Waals surface area contributed by atoms with Crippen molar-refractivity contribution in [3.63, 3.8) is 0 Å². The van der Waals surface area contributed by atoms with Gasteiger partial charge in [-0.15, -0.1) is 5.10 Å². The summed E-state index contributed by atoms with van der Waals surface area (Å²) in [5, 5.41) is 6.09. The maximum Gasteiger partial charge on any atom is 0.450 e. The SMILES string of the molecule is CC1(C(F)(F)F)OC(c2ccc(Cl)cc2)=NN1C(=O)Nc1ccc(C(F)(F)F)cc1. The number of carbonyl (C=O) groups is 1. The van der Waals surface area contributed by atoms with Gasteiger partial charge in [0.1, 0.15) is 0 Å². The minimum Gasteiger partial charge on any atom is -0.438 e. The number of carbonyl (C=O) groups excluding carboxylic acids is 1. The van der Waals surface area contributed by atoms with Gasteiger partial charge >= 0.3 is 24.1 Å². The Morgan fingerprint density at radius 3 is 2.10 bits per heavy atom. The third-order valence-electron chi connectivity index (χ3n) is 4.16. The molecule has 0 bridgehead atoms. The molecule has 0 fully saturated rings. The molecule has 12 heteroatoms. The standard InChI is InChI=1S/C18H12ClF6N3O2/c1-16(18(23,24)25)28(27-14(30-16)10-2-6-12(19)7-3-10)15(29)26-13-8-4-11(5-9-13)17(20,21)22/h2-9H,1H3,(H,26,29). The molecule has 0 radical (unpaired) electrons. The number of nitrogens with zero attached hydrogens (tertiary/aromatic N) is 2. The zero-order valence-electron chi connectivity index (χ0n) is 15.0. The van der Waals surface area contributed by atoms with Crippen LogP contribution in [-0.4, -0.2) is 28.8 Å². The summed E-state index contributed by atoms with van der Waals surface area (Å²) >= 11 is 5.75. The first-order chi connectivity index (χ1) is 13.8. The summed E-state index contributed by atoms with van der Waals surface area (Å²) in [6.45, 7) is 0.603. The summed E-state index contributed by atoms with van der Waals surface area (Å²) in [5.74, 6) is -0.478. The lowest BCUT2D eigenvalue weighted by atomic mass is 10.2. The molecule has 1 N–H and O–H groups in total. The first-order valence-electron chi connectivity index (χ1n) is 8.20. The minimum absolute atomic E-state index is 0.0502. The Morgan fingerprint density at radius 1 is 1.03 bits per heavy atom. The van der Waals surface area contributed by atoms with Gasteiger partial charge in [0.15, 0.2) is 0 Å². The van der Waals surface area contributed by atoms with E-state index < -0.39 is 35.6 Å². The number of hydrogen-bond donors (Lipinski definition) is 1. The molecule has 3 rings (SSSR count). The van der Waals surface area contributed by atoms with E-state index in [1.165, 1.54) is 24.3 Å². The van der Waals surface area contributed by atoms with Crippen molar-refractivity contribution in [3.8, 4) is 0 Å². The van der Waals surface area contributed by atoms with Crippen LogP contribution in [0.15, 0.2) is 53.6 Å². The molecule has 0 saturated heterocycles. The number of alkyl halides is 6. The van der Waals surface area contributed by atoms with Crippen LogP contribution in [0.3, 0.4) is 0 Å². The van der Waals surface area contributed by atoms with Gasteiger partial charge in [0.05, 0.1) is 5.56 Å². The first-order valence-corrected chi connectivity index (χ1v) is 8.58. The van der Waals surface area contributed by atoms with Crippen molar-refractivity contribution in [2.75, 3.05) is 5.32 Å². The minimum atomic E-state index is -5.04. The Kier molecular flexibility index (Phi) is 5.35. The predicted molar refractivity (Wildman–Crippen MR) is 95.8 cm³/mol. The Morgan fingerprint density at radius 2 is 1.60 bits per heavy atom. The lowest BCUT2D eigenvalue weighted by molar-refractivity contribution is -0.278. The van der Waals surface area contributed by atoms with Gasteiger partial charge in [-0.25, -0.2) is 4.79 Å². The van der Waals surface area contributed by atoms with E-state index in [2.05, 4.69) is 10.4 Å². The maximum absolute atomic E-state index is 13.7. The maximum atomic E-state index is 13.7. The molecule has 0 spiro atoms. The molecule has 5 nitrogen and oxygen atoms in total. The number of hydrazone groups is 1. The van der Waals surface area contributed by atoms with Crippen LogP contribution < -0.4 is 5.32 Å². The molecule has 0 aromatic heterocycles. The Balaban J connectivity index is 1.89. The molecule has 0 aliphatic carbocycles. The molecule has 1 aliphatic heterocycles. The van der Waals surface area contributed by atoms with Crippen molar-refractivity contribution >= 4 is 29.2 Å². The van der Waals surface area contributed by atoms with E-state index >= 15 is 0 Å². The molecule has 2 aromatic rings. The highest BCUT2D eigenvalue weighted by molar-refractivity contribution is 6.30. The second kappa shape index (κ2) is 7.38. The largest absolute Gasteiger partial charge is 0.450 e. The number of nitrogens with one attached hydrogen (secondary N) is 1. The molecule has 1 atom stereocenters. The van der Waals surface area contributed by atoms with Crippen LogP contribution >= 0.6 is 11.6 Å². The highest BCUT2D eigenvalue weighted by Gasteiger charge is 2.63. The highest BCUT2D eigenvalue weighted by atomic mass is 35.5. The van der Waals surface area contributed by atoms with Crippen molar-refractivity contribution in [1.29, 1.82) is 0 Å². The second-order valence-corrected chi connectivity index (χ2v) is 6.75. The van der Waals surface area contributed by atoms with Gasteiger partial charge in [0.2, 0.25) is 5.90 Å². The number of anilines is 1. The third-order valence-corrected chi connectivity index (χ3v) is 4.42. The van der Waals surface area contributed by atoms with E-state index in [0.29, 0.717) is 24.1 Å². The molecule has 30 heavy (non-hydrogen) atoms. The van der Waals surface area contributed by atoms with Gasteiger partial charge in [0.25, 0.3) is 0 Å². The van der Waals surface area contributed by atoms with Crippen molar-refractivity contribution in [1.82, 2.24) is 5.01 Å². The van der Waals surface area contributed by atoms with Crippen molar-refractivity contribution in [2.45, 2.75) is 25.0 Å². The first kappa shape index (κ1) is 21.8. The van der Waals surface area contributed by atoms with E-state index in [9.17, 15) is 31.1 Å². The van der Waals surface area contributed by atoms with Crippen LogP contribution in [0, 0.1) is 0 Å². The van der Waals surface area contributed by atoms with Crippen LogP contribution in [0.4, 0.5) is 36.8 Å². The van der Waals surface area contributed by atoms with Crippen molar-refractivity contribution < 1.29 is 35.9 Å². The molecular weight excluding hydrogens is 440 g/mol. The summed E-state index contributed by atoms with van der Waals surface area (Å²) in [6, 6.07) is 7.35. The molecule has 1 unspecified atom stereocenters. The highest BCUT2D eigenvalue weighted by Crippen LogP contribution is 2.41. The van der Waals surface area contributed by atoms with Gasteiger partial charge in [0, 0.05) is 23.2 Å². The quantitative estimate of drug-likeness (QED) is 0.581. The number of amides is 2. The fourth-order valence-corrected chi connectivity index (χ4v) is 2.61. The molecule has 0 saturated carbocycles. The summed E-state index contributed by atoms with van der Waals surface area (Å²) in [6.07, 6.45) is -9.64. The van der Waals surface area contributed by atoms with Crippen LogP contribution in [0.5, 0.6) is 0 Å². The van der Waals surface area contributed by atoms with Crippen LogP contribution in [0.2, 0.25) is 5.02 Å². The van der Waals surface area contributed by atoms with E-state index in [4.69, 9.17) is 16.3 Å². The molecule has 2 aromatic carbocycles. The monoisotopic (exact) mass is 451 g/mol. The average Bonchev–Trinajstić information content (AvgIpc) is 3.01. The number of hydrogen-bond acceptors (Lipinski definition) is 3. The van der Waals surface area contributed by atoms with Crippen LogP contribution in [0.1, 0.15) is 18.1 Å². The molecule has 2 amide bonds. The Hall–Kier alpha value is -2.95. The van der Waals surface area contributed by atoms with Crippen LogP contribution in [0.25, 0.3) is 0 Å². The summed E-state index contributed by atoms with van der Waals surface area (Å²) in [5.41, 5.74) is -4.14. The van der Waals surface area contributed by atoms with Crippen molar-refractivity contribution in [2.24, 2.45) is 5.10 Å². The topological polar surface area (TPSA) is 53.9 Å². The number of rotatable bonds is 2. The van der Waals surface area contributed by atoms with Gasteiger partial charge in [-0.2, -0.15) is 31.4 Å². The predicted octanol–water partition coefficient (Wildman–Crippen LogP) is 5.86. The van der Waals surface area contributed by atoms with E-state index in [1.807, 2.05) is 0 Å². The smallest absolute Gasteiger partial charge is 0.438 e. The normalized spacial score (nSPS) is 19.3. The summed E-state index contributed by atoms with van der Waals surface area (Å²) in [7, 11) is 0. The lowest BCUT2D eigenvalue weighted by Gasteiger charge is -2.32. The Labute approximate surface area is 170 Å². The molecule has 1 heterocycles. The zero-order valence-corrected chi connectivity index (χ0v) is 15.7. The van der Waals surface area contributed by atoms with Crippen molar-refractivity contribution in [3.05, 3.63) is 64.7 Å². The molecule has 160 valence electrons. The van der Waals surface area contributed by atoms with Gasteiger partial charge in [-0.3, -0.25) is 0 Å². The summed E-state index contributed by atoms with van der Waals surface area (Å²) in [4.78, 5) is 12.5. The third kappa shape index (κ3) is 4.16. The lowest BCUT2D eigenvalue weighted by Crippen LogP contribution is -2.56. The Bertz CT molecular complexity index is 973. The van der Waals surface area contributed by atoms with Gasteiger partial charge in [-0.05, 0) is 48.5 Å². The number of halogens is 7. The summed E-state index contributed by atoms with van der Waals surface area (Å²) < 4.78 is 83.8. The van der Waals surface area contributed by atoms with E-state index in [0.717, 1.165) is 12.1 Å². The fraction of sp³-hybridized carbons (Fsp3) is 0.222.